The van der Waals surface area contributed by atoms with Gasteiger partial charge < -0.3 is 25.6 Å². The van der Waals surface area contributed by atoms with Crippen LogP contribution in [0.1, 0.15) is 23.2 Å². The molecule has 1 fully saturated rings. The van der Waals surface area contributed by atoms with Gasteiger partial charge in [-0.15, -0.1) is 0 Å². The maximum atomic E-state index is 11.7. The van der Waals surface area contributed by atoms with Crippen LogP contribution in [0.4, 0.5) is 5.69 Å². The Morgan fingerprint density at radius 1 is 1.38 bits per heavy atom. The Hall–Kier alpha value is -2.28. The summed E-state index contributed by atoms with van der Waals surface area (Å²) in [4.78, 5) is 22.6. The van der Waals surface area contributed by atoms with E-state index in [0.717, 1.165) is 12.8 Å². The summed E-state index contributed by atoms with van der Waals surface area (Å²) in [5.41, 5.74) is 5.71. The van der Waals surface area contributed by atoms with Gasteiger partial charge in [0.15, 0.2) is 6.61 Å². The van der Waals surface area contributed by atoms with E-state index in [1.54, 1.807) is 0 Å². The molecule has 2 rings (SSSR count). The first-order chi connectivity index (χ1) is 10.1. The molecule has 7 nitrogen and oxygen atoms in total. The van der Waals surface area contributed by atoms with Crippen LogP contribution < -0.4 is 15.8 Å². The van der Waals surface area contributed by atoms with E-state index in [-0.39, 0.29) is 29.8 Å². The molecule has 1 heterocycles. The van der Waals surface area contributed by atoms with E-state index in [2.05, 4.69) is 5.32 Å². The number of ether oxygens (including phenoxy) is 2. The number of nitrogen functional groups attached to an aromatic ring is 1. The van der Waals surface area contributed by atoms with Crippen LogP contribution in [-0.4, -0.2) is 42.8 Å². The first-order valence-electron chi connectivity index (χ1n) is 6.69. The van der Waals surface area contributed by atoms with Crippen molar-refractivity contribution in [3.05, 3.63) is 23.8 Å². The molecule has 4 N–H and O–H groups in total. The number of carboxylic acids is 1. The molecule has 7 heteroatoms. The predicted molar refractivity (Wildman–Crippen MR) is 75.3 cm³/mol. The van der Waals surface area contributed by atoms with Crippen molar-refractivity contribution in [1.82, 2.24) is 5.32 Å². The van der Waals surface area contributed by atoms with Crippen LogP contribution in [0.15, 0.2) is 18.2 Å². The van der Waals surface area contributed by atoms with E-state index < -0.39 is 5.97 Å². The third-order valence-electron chi connectivity index (χ3n) is 3.21. The average molecular weight is 294 g/mol. The lowest BCUT2D eigenvalue weighted by molar-refractivity contribution is -0.124. The minimum absolute atomic E-state index is 0.00834. The number of nitrogens with one attached hydrogen (secondary N) is 1. The van der Waals surface area contributed by atoms with E-state index in [9.17, 15) is 9.59 Å². The molecular weight excluding hydrogens is 276 g/mol. The van der Waals surface area contributed by atoms with Crippen molar-refractivity contribution in [2.45, 2.75) is 18.9 Å². The van der Waals surface area contributed by atoms with Crippen molar-refractivity contribution in [2.24, 2.45) is 0 Å². The monoisotopic (exact) mass is 294 g/mol. The normalized spacial score (nSPS) is 15.4. The highest BCUT2D eigenvalue weighted by Gasteiger charge is 2.16. The largest absolute Gasteiger partial charge is 0.484 e. The molecule has 0 saturated carbocycles. The number of anilines is 1. The Kier molecular flexibility index (Phi) is 4.99. The molecule has 1 saturated heterocycles. The fraction of sp³-hybridized carbons (Fsp3) is 0.429. The second-order valence-electron chi connectivity index (χ2n) is 4.80. The Labute approximate surface area is 122 Å². The van der Waals surface area contributed by atoms with Gasteiger partial charge >= 0.3 is 5.97 Å². The smallest absolute Gasteiger partial charge is 0.337 e. The summed E-state index contributed by atoms with van der Waals surface area (Å²) in [6.45, 7) is 1.17. The van der Waals surface area contributed by atoms with E-state index >= 15 is 0 Å². The molecular formula is C14H18N2O5. The number of nitrogens with two attached hydrogens (primary N) is 1. The minimum atomic E-state index is -1.10. The van der Waals surface area contributed by atoms with Gasteiger partial charge in [-0.3, -0.25) is 4.79 Å². The van der Waals surface area contributed by atoms with Crippen molar-refractivity contribution in [3.63, 3.8) is 0 Å². The number of hydrogen-bond acceptors (Lipinski definition) is 5. The van der Waals surface area contributed by atoms with Crippen LogP contribution in [0.5, 0.6) is 5.75 Å². The molecule has 1 aliphatic heterocycles. The van der Waals surface area contributed by atoms with Crippen LogP contribution in [0.25, 0.3) is 0 Å². The number of rotatable bonds is 5. The molecule has 1 aliphatic rings. The van der Waals surface area contributed by atoms with Gasteiger partial charge in [-0.25, -0.2) is 4.79 Å². The lowest BCUT2D eigenvalue weighted by Gasteiger charge is -2.23. The van der Waals surface area contributed by atoms with E-state index in [1.165, 1.54) is 18.2 Å². The molecule has 0 unspecified atom stereocenters. The number of hydrogen-bond donors (Lipinski definition) is 3. The SMILES string of the molecule is Nc1cc(OCC(=O)NC2CCOCC2)ccc1C(=O)O. The van der Waals surface area contributed by atoms with Gasteiger partial charge in [0.05, 0.1) is 5.56 Å². The lowest BCUT2D eigenvalue weighted by atomic mass is 10.1. The van der Waals surface area contributed by atoms with Gasteiger partial charge in [0.2, 0.25) is 0 Å². The average Bonchev–Trinajstić information content (AvgIpc) is 2.46. The van der Waals surface area contributed by atoms with Gasteiger partial charge in [-0.05, 0) is 25.0 Å². The fourth-order valence-electron chi connectivity index (χ4n) is 2.09. The standard InChI is InChI=1S/C14H18N2O5/c15-12-7-10(1-2-11(12)14(18)19)21-8-13(17)16-9-3-5-20-6-4-9/h1-2,7,9H,3-6,8,15H2,(H,16,17)(H,18,19). The minimum Gasteiger partial charge on any atom is -0.484 e. The van der Waals surface area contributed by atoms with Gasteiger partial charge in [0, 0.05) is 31.0 Å². The van der Waals surface area contributed by atoms with E-state index in [4.69, 9.17) is 20.3 Å². The quantitative estimate of drug-likeness (QED) is 0.687. The molecule has 114 valence electrons. The zero-order chi connectivity index (χ0) is 15.2. The summed E-state index contributed by atoms with van der Waals surface area (Å²) < 4.78 is 10.5. The zero-order valence-corrected chi connectivity index (χ0v) is 11.5. The number of carboxylic acid groups (broad SMARTS) is 1. The van der Waals surface area contributed by atoms with Crippen LogP contribution >= 0.6 is 0 Å². The van der Waals surface area contributed by atoms with Crippen molar-refractivity contribution < 1.29 is 24.2 Å². The Bertz CT molecular complexity index is 526. The van der Waals surface area contributed by atoms with Crippen molar-refractivity contribution in [3.8, 4) is 5.75 Å². The molecule has 0 bridgehead atoms. The van der Waals surface area contributed by atoms with E-state index in [0.29, 0.717) is 19.0 Å². The second kappa shape index (κ2) is 6.94. The van der Waals surface area contributed by atoms with Crippen molar-refractivity contribution >= 4 is 17.6 Å². The van der Waals surface area contributed by atoms with Crippen LogP contribution in [0.3, 0.4) is 0 Å². The van der Waals surface area contributed by atoms with Gasteiger partial charge in [0.25, 0.3) is 5.91 Å². The molecule has 1 aromatic carbocycles. The number of aromatic carboxylic acids is 1. The Morgan fingerprint density at radius 3 is 2.71 bits per heavy atom. The van der Waals surface area contributed by atoms with Crippen molar-refractivity contribution in [1.29, 1.82) is 0 Å². The molecule has 1 amide bonds. The Morgan fingerprint density at radius 2 is 2.10 bits per heavy atom. The molecule has 0 radical (unpaired) electrons. The molecule has 0 aromatic heterocycles. The van der Waals surface area contributed by atoms with Crippen LogP contribution in [-0.2, 0) is 9.53 Å². The summed E-state index contributed by atoms with van der Waals surface area (Å²) in [6.07, 6.45) is 1.60. The highest BCUT2D eigenvalue weighted by molar-refractivity contribution is 5.93. The number of benzene rings is 1. The molecule has 0 atom stereocenters. The molecule has 0 aliphatic carbocycles. The fourth-order valence-corrected chi connectivity index (χ4v) is 2.09. The summed E-state index contributed by atoms with van der Waals surface area (Å²) in [7, 11) is 0. The van der Waals surface area contributed by atoms with Crippen molar-refractivity contribution in [2.75, 3.05) is 25.6 Å². The molecule has 21 heavy (non-hydrogen) atoms. The second-order valence-corrected chi connectivity index (χ2v) is 4.80. The maximum Gasteiger partial charge on any atom is 0.337 e. The number of carbonyl (C=O) groups excluding carboxylic acids is 1. The van der Waals surface area contributed by atoms with Gasteiger partial charge in [0.1, 0.15) is 5.75 Å². The van der Waals surface area contributed by atoms with E-state index in [1.807, 2.05) is 0 Å². The zero-order valence-electron chi connectivity index (χ0n) is 11.5. The summed E-state index contributed by atoms with van der Waals surface area (Å²) in [5.74, 6) is -0.960. The molecule has 0 spiro atoms. The number of carbonyl (C=O) groups is 2. The maximum absolute atomic E-state index is 11.7. The van der Waals surface area contributed by atoms with Gasteiger partial charge in [-0.2, -0.15) is 0 Å². The first kappa shape index (κ1) is 15.1. The lowest BCUT2D eigenvalue weighted by Crippen LogP contribution is -2.41. The highest BCUT2D eigenvalue weighted by Crippen LogP contribution is 2.19. The van der Waals surface area contributed by atoms with Crippen LogP contribution in [0.2, 0.25) is 0 Å². The summed E-state index contributed by atoms with van der Waals surface area (Å²) >= 11 is 0. The Balaban J connectivity index is 1.83. The highest BCUT2D eigenvalue weighted by atomic mass is 16.5. The first-order valence-corrected chi connectivity index (χ1v) is 6.69. The van der Waals surface area contributed by atoms with Crippen LogP contribution in [0, 0.1) is 0 Å². The third kappa shape index (κ3) is 4.35. The number of amides is 1. The summed E-state index contributed by atoms with van der Waals surface area (Å²) in [5, 5.41) is 11.7. The predicted octanol–water partition coefficient (Wildman–Crippen LogP) is 0.641. The third-order valence-corrected chi connectivity index (χ3v) is 3.21. The molecule has 1 aromatic rings. The topological polar surface area (TPSA) is 111 Å². The summed E-state index contributed by atoms with van der Waals surface area (Å²) in [6, 6.07) is 4.34. The van der Waals surface area contributed by atoms with Gasteiger partial charge in [-0.1, -0.05) is 0 Å².